The number of carbonyl (C=O) groups is 1. The Morgan fingerprint density at radius 3 is 2.53 bits per heavy atom. The molecule has 1 unspecified atom stereocenters. The molecule has 0 bridgehead atoms. The first-order chi connectivity index (χ1) is 9.16. The van der Waals surface area contributed by atoms with Crippen molar-refractivity contribution >= 4 is 17.7 Å². The first-order valence-corrected chi connectivity index (χ1v) is 7.86. The van der Waals surface area contributed by atoms with Crippen LogP contribution in [0.25, 0.3) is 0 Å². The van der Waals surface area contributed by atoms with Crippen LogP contribution in [0.4, 0.5) is 4.39 Å². The molecule has 1 aliphatic rings. The zero-order valence-electron chi connectivity index (χ0n) is 11.3. The van der Waals surface area contributed by atoms with E-state index in [1.165, 1.54) is 18.6 Å². The van der Waals surface area contributed by atoms with Crippen LogP contribution in [0.2, 0.25) is 0 Å². The number of halogens is 1. The van der Waals surface area contributed by atoms with Crippen molar-refractivity contribution < 1.29 is 9.18 Å². The van der Waals surface area contributed by atoms with Gasteiger partial charge in [0.25, 0.3) is 0 Å². The molecule has 1 aliphatic heterocycles. The van der Waals surface area contributed by atoms with Gasteiger partial charge in [-0.2, -0.15) is 0 Å². The molecule has 0 spiro atoms. The number of benzene rings is 1. The summed E-state index contributed by atoms with van der Waals surface area (Å²) in [6.07, 6.45) is 3.50. The van der Waals surface area contributed by atoms with Crippen LogP contribution in [0.5, 0.6) is 0 Å². The van der Waals surface area contributed by atoms with E-state index >= 15 is 0 Å². The molecule has 104 valence electrons. The number of thioether (sulfide) groups is 1. The summed E-state index contributed by atoms with van der Waals surface area (Å²) >= 11 is 1.62. The van der Waals surface area contributed by atoms with Gasteiger partial charge in [0.1, 0.15) is 5.82 Å². The van der Waals surface area contributed by atoms with E-state index in [0.29, 0.717) is 5.75 Å². The highest BCUT2D eigenvalue weighted by Crippen LogP contribution is 2.28. The summed E-state index contributed by atoms with van der Waals surface area (Å²) in [6, 6.07) is 6.52. The van der Waals surface area contributed by atoms with Crippen LogP contribution >= 0.6 is 11.8 Å². The highest BCUT2D eigenvalue weighted by Gasteiger charge is 2.17. The predicted octanol–water partition coefficient (Wildman–Crippen LogP) is 3.63. The number of hydrogen-bond acceptors (Lipinski definition) is 2. The normalized spacial score (nSPS) is 17.3. The van der Waals surface area contributed by atoms with Crippen LogP contribution in [0.1, 0.15) is 37.0 Å². The molecule has 1 saturated heterocycles. The predicted molar refractivity (Wildman–Crippen MR) is 77.7 cm³/mol. The van der Waals surface area contributed by atoms with Crippen molar-refractivity contribution in [2.24, 2.45) is 0 Å². The molecule has 0 aromatic heterocycles. The summed E-state index contributed by atoms with van der Waals surface area (Å²) in [5, 5.41) is 0.217. The van der Waals surface area contributed by atoms with Gasteiger partial charge < -0.3 is 4.90 Å². The van der Waals surface area contributed by atoms with Crippen molar-refractivity contribution in [1.29, 1.82) is 0 Å². The molecule has 2 nitrogen and oxygen atoms in total. The van der Waals surface area contributed by atoms with Crippen LogP contribution in [0.15, 0.2) is 24.3 Å². The van der Waals surface area contributed by atoms with E-state index in [1.807, 2.05) is 4.90 Å². The number of hydrogen-bond donors (Lipinski definition) is 0. The Morgan fingerprint density at radius 2 is 1.89 bits per heavy atom. The smallest absolute Gasteiger partial charge is 0.232 e. The minimum Gasteiger partial charge on any atom is -0.342 e. The molecule has 19 heavy (non-hydrogen) atoms. The van der Waals surface area contributed by atoms with E-state index in [9.17, 15) is 9.18 Å². The molecule has 1 amide bonds. The van der Waals surface area contributed by atoms with E-state index in [1.54, 1.807) is 23.9 Å². The Labute approximate surface area is 118 Å². The van der Waals surface area contributed by atoms with Crippen molar-refractivity contribution in [3.05, 3.63) is 35.6 Å². The Hall–Kier alpha value is -1.03. The Bertz CT molecular complexity index is 415. The molecule has 1 aromatic carbocycles. The highest BCUT2D eigenvalue weighted by atomic mass is 32.2. The number of carbonyl (C=O) groups excluding carboxylic acids is 1. The second-order valence-electron chi connectivity index (χ2n) is 4.95. The van der Waals surface area contributed by atoms with E-state index < -0.39 is 0 Å². The maximum atomic E-state index is 12.8. The van der Waals surface area contributed by atoms with E-state index in [4.69, 9.17) is 0 Å². The van der Waals surface area contributed by atoms with Gasteiger partial charge in [-0.15, -0.1) is 11.8 Å². The Morgan fingerprint density at radius 1 is 1.26 bits per heavy atom. The molecule has 2 rings (SSSR count). The van der Waals surface area contributed by atoms with Crippen molar-refractivity contribution in [1.82, 2.24) is 4.90 Å². The lowest BCUT2D eigenvalue weighted by molar-refractivity contribution is -0.129. The summed E-state index contributed by atoms with van der Waals surface area (Å²) in [5.41, 5.74) is 1.07. The number of nitrogens with zero attached hydrogens (tertiary/aromatic N) is 1. The fourth-order valence-corrected chi connectivity index (χ4v) is 3.19. The average Bonchev–Trinajstić information content (AvgIpc) is 2.46. The second-order valence-corrected chi connectivity index (χ2v) is 6.28. The maximum absolute atomic E-state index is 12.8. The summed E-state index contributed by atoms with van der Waals surface area (Å²) in [7, 11) is 0. The molecular weight excluding hydrogens is 261 g/mol. The molecule has 0 N–H and O–H groups in total. The van der Waals surface area contributed by atoms with Gasteiger partial charge in [-0.25, -0.2) is 4.39 Å². The van der Waals surface area contributed by atoms with Gasteiger partial charge >= 0.3 is 0 Å². The Kier molecular flexibility index (Phi) is 5.25. The summed E-state index contributed by atoms with van der Waals surface area (Å²) in [5.74, 6) is 0.530. The van der Waals surface area contributed by atoms with Gasteiger partial charge in [-0.1, -0.05) is 12.1 Å². The van der Waals surface area contributed by atoms with Crippen LogP contribution in [-0.4, -0.2) is 29.6 Å². The minimum absolute atomic E-state index is 0.217. The summed E-state index contributed by atoms with van der Waals surface area (Å²) < 4.78 is 12.8. The summed E-state index contributed by atoms with van der Waals surface area (Å²) in [4.78, 5) is 14.0. The number of amides is 1. The van der Waals surface area contributed by atoms with E-state index in [0.717, 1.165) is 31.5 Å². The second kappa shape index (κ2) is 6.94. The molecule has 0 saturated carbocycles. The molecule has 4 heteroatoms. The Balaban J connectivity index is 1.80. The lowest BCUT2D eigenvalue weighted by Gasteiger charge is -2.27. The largest absolute Gasteiger partial charge is 0.342 e. The fourth-order valence-electron chi connectivity index (χ4n) is 2.26. The van der Waals surface area contributed by atoms with Crippen LogP contribution < -0.4 is 0 Å². The third-order valence-corrected chi connectivity index (χ3v) is 4.69. The lowest BCUT2D eigenvalue weighted by atomic mass is 10.1. The SMILES string of the molecule is CC(SCC(=O)N1CCCCC1)c1ccc(F)cc1. The fraction of sp³-hybridized carbons (Fsp3) is 0.533. The first kappa shape index (κ1) is 14.4. The van der Waals surface area contributed by atoms with Gasteiger partial charge in [-0.3, -0.25) is 4.79 Å². The average molecular weight is 281 g/mol. The standard InChI is InChI=1S/C15H20FNOS/c1-12(13-5-7-14(16)8-6-13)19-11-15(18)17-9-3-2-4-10-17/h5-8,12H,2-4,9-11H2,1H3. The van der Waals surface area contributed by atoms with Crippen molar-refractivity contribution in [3.63, 3.8) is 0 Å². The first-order valence-electron chi connectivity index (χ1n) is 6.81. The van der Waals surface area contributed by atoms with Gasteiger partial charge in [0.15, 0.2) is 0 Å². The highest BCUT2D eigenvalue weighted by molar-refractivity contribution is 8.00. The van der Waals surface area contributed by atoms with E-state index in [-0.39, 0.29) is 17.0 Å². The molecule has 0 aliphatic carbocycles. The van der Waals surface area contributed by atoms with Gasteiger partial charge in [0.05, 0.1) is 5.75 Å². The van der Waals surface area contributed by atoms with Crippen LogP contribution in [0, 0.1) is 5.82 Å². The van der Waals surface area contributed by atoms with Crippen LogP contribution in [-0.2, 0) is 4.79 Å². The molecule has 1 atom stereocenters. The number of likely N-dealkylation sites (tertiary alicyclic amines) is 1. The molecule has 1 fully saturated rings. The summed E-state index contributed by atoms with van der Waals surface area (Å²) in [6.45, 7) is 3.87. The topological polar surface area (TPSA) is 20.3 Å². The minimum atomic E-state index is -0.217. The van der Waals surface area contributed by atoms with Gasteiger partial charge in [0.2, 0.25) is 5.91 Å². The lowest BCUT2D eigenvalue weighted by Crippen LogP contribution is -2.36. The molecule has 1 aromatic rings. The van der Waals surface area contributed by atoms with Gasteiger partial charge in [-0.05, 0) is 43.9 Å². The van der Waals surface area contributed by atoms with Crippen molar-refractivity contribution in [2.75, 3.05) is 18.8 Å². The number of piperidine rings is 1. The quantitative estimate of drug-likeness (QED) is 0.840. The van der Waals surface area contributed by atoms with Crippen LogP contribution in [0.3, 0.4) is 0 Å². The molecule has 1 heterocycles. The molecule has 0 radical (unpaired) electrons. The third kappa shape index (κ3) is 4.23. The van der Waals surface area contributed by atoms with Crippen molar-refractivity contribution in [3.8, 4) is 0 Å². The van der Waals surface area contributed by atoms with E-state index in [2.05, 4.69) is 6.92 Å². The number of rotatable bonds is 4. The third-order valence-electron chi connectivity index (χ3n) is 3.50. The van der Waals surface area contributed by atoms with Gasteiger partial charge in [0, 0.05) is 18.3 Å². The molecular formula is C15H20FNOS. The monoisotopic (exact) mass is 281 g/mol. The zero-order chi connectivity index (χ0) is 13.7. The zero-order valence-corrected chi connectivity index (χ0v) is 12.1. The van der Waals surface area contributed by atoms with Crippen molar-refractivity contribution in [2.45, 2.75) is 31.4 Å². The maximum Gasteiger partial charge on any atom is 0.232 e.